The van der Waals surface area contributed by atoms with Crippen LogP contribution in [-0.2, 0) is 6.42 Å². The molecule has 0 atom stereocenters. The molecule has 0 bridgehead atoms. The van der Waals surface area contributed by atoms with Crippen LogP contribution in [0.3, 0.4) is 0 Å². The third-order valence-electron chi connectivity index (χ3n) is 7.50. The van der Waals surface area contributed by atoms with Crippen LogP contribution >= 0.6 is 0 Å². The summed E-state index contributed by atoms with van der Waals surface area (Å²) in [6, 6.07) is 12.8. The molecule has 0 aliphatic heterocycles. The quantitative estimate of drug-likeness (QED) is 0.253. The van der Waals surface area contributed by atoms with E-state index in [0.717, 1.165) is 41.9 Å². The minimum atomic E-state index is 0.834. The highest BCUT2D eigenvalue weighted by molar-refractivity contribution is 5.60. The Balaban J connectivity index is 1.28. The molecule has 1 fully saturated rings. The summed E-state index contributed by atoms with van der Waals surface area (Å²) < 4.78 is 6.04. The van der Waals surface area contributed by atoms with Gasteiger partial charge in [0.05, 0.1) is 12.3 Å². The smallest absolute Gasteiger partial charge is 0.119 e. The second-order valence-electron chi connectivity index (χ2n) is 10.3. The number of nitrogens with zero attached hydrogens (tertiary/aromatic N) is 1. The summed E-state index contributed by atoms with van der Waals surface area (Å²) in [7, 11) is 0. The van der Waals surface area contributed by atoms with Crippen molar-refractivity contribution in [2.75, 3.05) is 6.61 Å². The van der Waals surface area contributed by atoms with Crippen LogP contribution in [0.2, 0.25) is 0 Å². The molecule has 3 rings (SSSR count). The van der Waals surface area contributed by atoms with Gasteiger partial charge in [-0.05, 0) is 73.4 Å². The van der Waals surface area contributed by atoms with E-state index in [2.05, 4.69) is 55.2 Å². The largest absolute Gasteiger partial charge is 0.494 e. The van der Waals surface area contributed by atoms with E-state index in [4.69, 9.17) is 4.74 Å². The molecule has 2 aromatic rings. The molecule has 1 saturated carbocycles. The Bertz CT molecular complexity index is 743. The molecule has 0 radical (unpaired) electrons. The number of benzene rings is 1. The molecular formula is C31H47NO. The molecule has 1 aromatic carbocycles. The zero-order chi connectivity index (χ0) is 23.1. The summed E-state index contributed by atoms with van der Waals surface area (Å²) >= 11 is 0. The fourth-order valence-electron chi connectivity index (χ4n) is 5.25. The second-order valence-corrected chi connectivity index (χ2v) is 10.3. The van der Waals surface area contributed by atoms with Crippen molar-refractivity contribution in [2.45, 2.75) is 110 Å². The first kappa shape index (κ1) is 25.8. The Morgan fingerprint density at radius 2 is 1.39 bits per heavy atom. The third-order valence-corrected chi connectivity index (χ3v) is 7.50. The third kappa shape index (κ3) is 9.51. The minimum absolute atomic E-state index is 0.834. The van der Waals surface area contributed by atoms with Gasteiger partial charge in [0.25, 0.3) is 0 Å². The Kier molecular flexibility index (Phi) is 11.8. The predicted octanol–water partition coefficient (Wildman–Crippen LogP) is 9.42. The molecule has 1 heterocycles. The van der Waals surface area contributed by atoms with Crippen molar-refractivity contribution in [2.24, 2.45) is 11.8 Å². The SMILES string of the molecule is CCCCCCCC1CCC(CCCOc2ccc(-c3ccc(CCCC)cn3)cc2)CC1. The molecule has 33 heavy (non-hydrogen) atoms. The van der Waals surface area contributed by atoms with Gasteiger partial charge in [-0.1, -0.05) is 90.5 Å². The Morgan fingerprint density at radius 3 is 2.03 bits per heavy atom. The maximum atomic E-state index is 6.04. The molecule has 0 unspecified atom stereocenters. The van der Waals surface area contributed by atoms with Crippen molar-refractivity contribution in [3.8, 4) is 17.0 Å². The molecule has 182 valence electrons. The molecular weight excluding hydrogens is 402 g/mol. The molecule has 0 amide bonds. The maximum absolute atomic E-state index is 6.04. The lowest BCUT2D eigenvalue weighted by molar-refractivity contribution is 0.228. The lowest BCUT2D eigenvalue weighted by Gasteiger charge is -2.28. The standard InChI is InChI=1S/C31H47NO/c1-3-5-7-8-9-12-26-14-16-27(17-15-26)13-10-24-33-30-21-19-29(20-22-30)31-23-18-28(25-32-31)11-6-4-2/h18-23,25-27H,3-17,24H2,1-2H3. The fraction of sp³-hybridized carbons (Fsp3) is 0.645. The van der Waals surface area contributed by atoms with Crippen molar-refractivity contribution >= 4 is 0 Å². The molecule has 0 N–H and O–H groups in total. The monoisotopic (exact) mass is 449 g/mol. The molecule has 2 nitrogen and oxygen atoms in total. The zero-order valence-corrected chi connectivity index (χ0v) is 21.4. The summed E-state index contributed by atoms with van der Waals surface area (Å²) in [5.41, 5.74) is 3.53. The predicted molar refractivity (Wildman–Crippen MR) is 142 cm³/mol. The summed E-state index contributed by atoms with van der Waals surface area (Å²) in [5, 5.41) is 0. The first-order valence-electron chi connectivity index (χ1n) is 14.0. The number of hydrogen-bond acceptors (Lipinski definition) is 2. The van der Waals surface area contributed by atoms with E-state index in [1.54, 1.807) is 0 Å². The van der Waals surface area contributed by atoms with Gasteiger partial charge in [-0.3, -0.25) is 4.98 Å². The first-order valence-corrected chi connectivity index (χ1v) is 14.0. The van der Waals surface area contributed by atoms with Crippen LogP contribution in [0.4, 0.5) is 0 Å². The highest BCUT2D eigenvalue weighted by Crippen LogP contribution is 2.34. The highest BCUT2D eigenvalue weighted by atomic mass is 16.5. The van der Waals surface area contributed by atoms with Crippen LogP contribution in [0.5, 0.6) is 5.75 Å². The van der Waals surface area contributed by atoms with Crippen LogP contribution in [0.25, 0.3) is 11.3 Å². The Labute approximate surface area is 203 Å². The van der Waals surface area contributed by atoms with E-state index < -0.39 is 0 Å². The van der Waals surface area contributed by atoms with Crippen LogP contribution in [0.1, 0.15) is 109 Å². The lowest BCUT2D eigenvalue weighted by atomic mass is 9.78. The second kappa shape index (κ2) is 15.1. The van der Waals surface area contributed by atoms with Crippen LogP contribution < -0.4 is 4.74 Å². The van der Waals surface area contributed by atoms with Crippen LogP contribution in [-0.4, -0.2) is 11.6 Å². The number of hydrogen-bond donors (Lipinski definition) is 0. The van der Waals surface area contributed by atoms with E-state index >= 15 is 0 Å². The lowest BCUT2D eigenvalue weighted by Crippen LogP contribution is -2.15. The highest BCUT2D eigenvalue weighted by Gasteiger charge is 2.20. The van der Waals surface area contributed by atoms with Crippen molar-refractivity contribution in [3.63, 3.8) is 0 Å². The average Bonchev–Trinajstić information content (AvgIpc) is 2.87. The normalized spacial score (nSPS) is 18.4. The summed E-state index contributed by atoms with van der Waals surface area (Å²) in [4.78, 5) is 4.65. The molecule has 0 spiro atoms. The number of ether oxygens (including phenoxy) is 1. The van der Waals surface area contributed by atoms with E-state index in [-0.39, 0.29) is 0 Å². The molecule has 1 aromatic heterocycles. The van der Waals surface area contributed by atoms with E-state index in [0.29, 0.717) is 0 Å². The van der Waals surface area contributed by atoms with E-state index in [9.17, 15) is 0 Å². The summed E-state index contributed by atoms with van der Waals surface area (Å²) in [6.07, 6.45) is 22.5. The number of aryl methyl sites for hydroxylation is 1. The maximum Gasteiger partial charge on any atom is 0.119 e. The minimum Gasteiger partial charge on any atom is -0.494 e. The van der Waals surface area contributed by atoms with Crippen molar-refractivity contribution in [3.05, 3.63) is 48.2 Å². The van der Waals surface area contributed by atoms with Gasteiger partial charge in [-0.2, -0.15) is 0 Å². The van der Waals surface area contributed by atoms with Gasteiger partial charge in [0.2, 0.25) is 0 Å². The van der Waals surface area contributed by atoms with E-state index in [1.807, 2.05) is 6.20 Å². The summed E-state index contributed by atoms with van der Waals surface area (Å²) in [5.74, 6) is 2.92. The van der Waals surface area contributed by atoms with Crippen LogP contribution in [0, 0.1) is 11.8 Å². The molecule has 2 heteroatoms. The van der Waals surface area contributed by atoms with Gasteiger partial charge in [0.1, 0.15) is 5.75 Å². The van der Waals surface area contributed by atoms with Gasteiger partial charge >= 0.3 is 0 Å². The fourth-order valence-corrected chi connectivity index (χ4v) is 5.25. The Hall–Kier alpha value is -1.83. The van der Waals surface area contributed by atoms with Crippen molar-refractivity contribution in [1.29, 1.82) is 0 Å². The summed E-state index contributed by atoms with van der Waals surface area (Å²) in [6.45, 7) is 5.36. The van der Waals surface area contributed by atoms with Gasteiger partial charge in [-0.25, -0.2) is 0 Å². The van der Waals surface area contributed by atoms with Gasteiger partial charge < -0.3 is 4.74 Å². The van der Waals surface area contributed by atoms with Gasteiger partial charge in [0, 0.05) is 11.8 Å². The van der Waals surface area contributed by atoms with Gasteiger partial charge in [0.15, 0.2) is 0 Å². The van der Waals surface area contributed by atoms with Crippen molar-refractivity contribution in [1.82, 2.24) is 4.98 Å². The first-order chi connectivity index (χ1) is 16.3. The van der Waals surface area contributed by atoms with Gasteiger partial charge in [-0.15, -0.1) is 0 Å². The molecule has 1 aliphatic rings. The number of pyridine rings is 1. The number of unbranched alkanes of at least 4 members (excludes halogenated alkanes) is 5. The molecule has 0 saturated heterocycles. The topological polar surface area (TPSA) is 22.1 Å². The number of aromatic nitrogens is 1. The number of rotatable bonds is 15. The average molecular weight is 450 g/mol. The van der Waals surface area contributed by atoms with E-state index in [1.165, 1.54) is 95.5 Å². The van der Waals surface area contributed by atoms with Crippen molar-refractivity contribution < 1.29 is 4.74 Å². The zero-order valence-electron chi connectivity index (χ0n) is 21.4. The van der Waals surface area contributed by atoms with Crippen LogP contribution in [0.15, 0.2) is 42.6 Å². The Morgan fingerprint density at radius 1 is 0.727 bits per heavy atom. The molecule has 1 aliphatic carbocycles.